The van der Waals surface area contributed by atoms with Crippen molar-refractivity contribution in [2.45, 2.75) is 51.0 Å². The third-order valence-corrected chi connectivity index (χ3v) is 7.83. The summed E-state index contributed by atoms with van der Waals surface area (Å²) in [4.78, 5) is 26.6. The van der Waals surface area contributed by atoms with Crippen molar-refractivity contribution in [1.29, 1.82) is 0 Å². The molecule has 2 aromatic rings. The van der Waals surface area contributed by atoms with Crippen LogP contribution in [0.5, 0.6) is 0 Å². The molecule has 0 saturated carbocycles. The van der Waals surface area contributed by atoms with Gasteiger partial charge in [-0.15, -0.1) is 10.6 Å². The molecule has 210 valence electrons. The van der Waals surface area contributed by atoms with Crippen LogP contribution in [-0.2, 0) is 21.6 Å². The highest BCUT2D eigenvalue weighted by atomic mass is 35.5. The van der Waals surface area contributed by atoms with Crippen molar-refractivity contribution in [3.63, 3.8) is 0 Å². The van der Waals surface area contributed by atoms with Crippen molar-refractivity contribution in [3.05, 3.63) is 58.6 Å². The van der Waals surface area contributed by atoms with Crippen molar-refractivity contribution in [2.24, 2.45) is 11.0 Å². The van der Waals surface area contributed by atoms with Crippen molar-refractivity contribution >= 4 is 29.4 Å². The molecule has 2 aromatic carbocycles. The molecular weight excluding hydrogens is 520 g/mol. The number of aryl methyl sites for hydroxylation is 1. The van der Waals surface area contributed by atoms with Crippen molar-refractivity contribution < 1.29 is 19.4 Å². The van der Waals surface area contributed by atoms with Gasteiger partial charge >= 0.3 is 6.09 Å². The summed E-state index contributed by atoms with van der Waals surface area (Å²) in [5, 5.41) is 19.9. The monoisotopic (exact) mass is 556 g/mol. The molecule has 0 spiro atoms. The number of likely N-dealkylation sites (tertiary alicyclic amines) is 1. The lowest BCUT2D eigenvalue weighted by atomic mass is 9.72. The zero-order chi connectivity index (χ0) is 27.8. The molecule has 2 aliphatic rings. The number of amidine groups is 1. The molecule has 0 unspecified atom stereocenters. The summed E-state index contributed by atoms with van der Waals surface area (Å²) in [5.41, 5.74) is 10.4. The summed E-state index contributed by atoms with van der Waals surface area (Å²) in [5.74, 6) is 0.210. The number of hydrazone groups is 1. The predicted molar refractivity (Wildman–Crippen MR) is 151 cm³/mol. The van der Waals surface area contributed by atoms with E-state index in [1.54, 1.807) is 4.90 Å². The fraction of sp³-hybridized carbons (Fsp3) is 0.464. The molecule has 11 heteroatoms. The van der Waals surface area contributed by atoms with Gasteiger partial charge in [-0.05, 0) is 54.9 Å². The van der Waals surface area contributed by atoms with E-state index in [1.807, 2.05) is 30.3 Å². The largest absolute Gasteiger partial charge is 0.453 e. The lowest BCUT2D eigenvalue weighted by Crippen LogP contribution is -2.49. The van der Waals surface area contributed by atoms with E-state index < -0.39 is 11.7 Å². The normalized spacial score (nSPS) is 18.4. The van der Waals surface area contributed by atoms with Gasteiger partial charge < -0.3 is 20.1 Å². The molecule has 2 atom stereocenters. The Hall–Kier alpha value is -3.34. The van der Waals surface area contributed by atoms with E-state index in [4.69, 9.17) is 16.3 Å². The van der Waals surface area contributed by atoms with Crippen LogP contribution in [-0.4, -0.2) is 54.6 Å². The van der Waals surface area contributed by atoms with Gasteiger partial charge in [-0.2, -0.15) is 0 Å². The van der Waals surface area contributed by atoms with Gasteiger partial charge in [-0.3, -0.25) is 10.2 Å². The van der Waals surface area contributed by atoms with Crippen LogP contribution in [0.4, 0.5) is 4.79 Å². The van der Waals surface area contributed by atoms with E-state index in [1.165, 1.54) is 12.7 Å². The van der Waals surface area contributed by atoms with Gasteiger partial charge in [0.15, 0.2) is 0 Å². The number of nitrogens with one attached hydrogen (secondary N) is 4. The lowest BCUT2D eigenvalue weighted by Gasteiger charge is -2.44. The number of ether oxygens (including phenoxy) is 1. The molecule has 5 N–H and O–H groups in total. The van der Waals surface area contributed by atoms with Crippen LogP contribution in [0.15, 0.2) is 47.6 Å². The summed E-state index contributed by atoms with van der Waals surface area (Å²) in [6, 6.07) is 13.8. The number of piperidine rings is 1. The molecule has 39 heavy (non-hydrogen) atoms. The number of carbonyl (C=O) groups is 2. The van der Waals surface area contributed by atoms with E-state index in [9.17, 15) is 14.7 Å². The maximum absolute atomic E-state index is 13.1. The molecule has 1 fully saturated rings. The summed E-state index contributed by atoms with van der Waals surface area (Å²) in [6.07, 6.45) is 2.87. The van der Waals surface area contributed by atoms with Gasteiger partial charge in [0.1, 0.15) is 5.84 Å². The minimum atomic E-state index is -1.30. The number of alkyl carbamates (subject to hydrolysis) is 1. The maximum atomic E-state index is 13.1. The molecule has 0 aromatic heterocycles. The van der Waals surface area contributed by atoms with Crippen LogP contribution in [0, 0.1) is 5.92 Å². The molecule has 0 bridgehead atoms. The summed E-state index contributed by atoms with van der Waals surface area (Å²) >= 11 is 6.82. The predicted octanol–water partition coefficient (Wildman–Crippen LogP) is 3.45. The first kappa shape index (κ1) is 28.7. The highest BCUT2D eigenvalue weighted by Gasteiger charge is 2.43. The first-order valence-corrected chi connectivity index (χ1v) is 13.8. The molecule has 2 amide bonds. The standard InChI is InChI=1S/C28H37ClN6O4/c1-3-19-8-4-9-20(16-19)26-22(11-5-12-23(26)29)28(38,13-7-14-30-27(37)39-2)21-10-6-15-35(18-21)25(36)17-24-31-33-34-32-24/h4-5,8-9,11-12,16,21,33-34,38H,3,6-7,10,13-15,17-18H2,1-2H3,(H,30,37)(H,31,32)/t21-,28+/m1/s1. The van der Waals surface area contributed by atoms with Crippen molar-refractivity contribution in [1.82, 2.24) is 26.7 Å². The number of amides is 2. The van der Waals surface area contributed by atoms with Crippen LogP contribution in [0.3, 0.4) is 0 Å². The Balaban J connectivity index is 1.67. The van der Waals surface area contributed by atoms with E-state index >= 15 is 0 Å². The number of halogens is 1. The van der Waals surface area contributed by atoms with E-state index in [0.717, 1.165) is 36.0 Å². The lowest BCUT2D eigenvalue weighted by molar-refractivity contribution is -0.135. The highest BCUT2D eigenvalue weighted by molar-refractivity contribution is 6.33. The second kappa shape index (κ2) is 13.1. The van der Waals surface area contributed by atoms with E-state index in [0.29, 0.717) is 43.3 Å². The minimum Gasteiger partial charge on any atom is -0.453 e. The van der Waals surface area contributed by atoms with Crippen LogP contribution in [0.1, 0.15) is 50.2 Å². The average Bonchev–Trinajstić information content (AvgIpc) is 3.48. The number of carbonyl (C=O) groups excluding carboxylic acids is 2. The number of benzene rings is 2. The number of rotatable bonds is 10. The first-order valence-electron chi connectivity index (χ1n) is 13.4. The molecule has 10 nitrogen and oxygen atoms in total. The second-order valence-electron chi connectivity index (χ2n) is 9.94. The third kappa shape index (κ3) is 6.81. The topological polar surface area (TPSA) is 127 Å². The number of aliphatic hydroxyl groups is 1. The quantitative estimate of drug-likeness (QED) is 0.284. The Morgan fingerprint density at radius 2 is 2.10 bits per heavy atom. The third-order valence-electron chi connectivity index (χ3n) is 7.52. The van der Waals surface area contributed by atoms with Crippen LogP contribution in [0.2, 0.25) is 5.02 Å². The zero-order valence-corrected chi connectivity index (χ0v) is 23.2. The number of methoxy groups -OCH3 is 1. The summed E-state index contributed by atoms with van der Waals surface area (Å²) in [6.45, 7) is 3.46. The number of hydrogen-bond donors (Lipinski definition) is 5. The van der Waals surface area contributed by atoms with Gasteiger partial charge in [0.25, 0.3) is 0 Å². The maximum Gasteiger partial charge on any atom is 0.406 e. The average molecular weight is 557 g/mol. The van der Waals surface area contributed by atoms with Gasteiger partial charge in [-0.25, -0.2) is 10.3 Å². The SMILES string of the molecule is CCc1cccc(-c2c(Cl)cccc2[C@](O)(CCCNC(=O)OC)[C@@H]2CCCN(C(=O)CC3=NNNN3)C2)c1. The Morgan fingerprint density at radius 3 is 2.85 bits per heavy atom. The number of hydrazine groups is 2. The minimum absolute atomic E-state index is 0.0619. The molecule has 0 radical (unpaired) electrons. The molecule has 2 heterocycles. The van der Waals surface area contributed by atoms with Crippen LogP contribution >= 0.6 is 11.6 Å². The fourth-order valence-electron chi connectivity index (χ4n) is 5.46. The number of hydrogen-bond acceptors (Lipinski definition) is 8. The molecule has 2 aliphatic heterocycles. The smallest absolute Gasteiger partial charge is 0.406 e. The Kier molecular flexibility index (Phi) is 9.66. The molecule has 4 rings (SSSR count). The Bertz CT molecular complexity index is 1210. The van der Waals surface area contributed by atoms with Crippen molar-refractivity contribution in [3.8, 4) is 11.1 Å². The van der Waals surface area contributed by atoms with Gasteiger partial charge in [0.2, 0.25) is 5.91 Å². The fourth-order valence-corrected chi connectivity index (χ4v) is 5.74. The zero-order valence-electron chi connectivity index (χ0n) is 22.4. The number of nitrogens with zero attached hydrogens (tertiary/aromatic N) is 2. The molecule has 1 saturated heterocycles. The van der Waals surface area contributed by atoms with Crippen LogP contribution < -0.4 is 21.8 Å². The van der Waals surface area contributed by atoms with Gasteiger partial charge in [0.05, 0.1) is 19.1 Å². The van der Waals surface area contributed by atoms with E-state index in [-0.39, 0.29) is 18.2 Å². The van der Waals surface area contributed by atoms with Gasteiger partial charge in [0, 0.05) is 36.1 Å². The summed E-state index contributed by atoms with van der Waals surface area (Å²) < 4.78 is 4.69. The highest BCUT2D eigenvalue weighted by Crippen LogP contribution is 2.45. The Labute approximate surface area is 234 Å². The second-order valence-corrected chi connectivity index (χ2v) is 10.3. The molecule has 0 aliphatic carbocycles. The van der Waals surface area contributed by atoms with Crippen molar-refractivity contribution in [2.75, 3.05) is 26.7 Å². The molecular formula is C28H37ClN6O4. The van der Waals surface area contributed by atoms with Gasteiger partial charge in [-0.1, -0.05) is 54.9 Å². The van der Waals surface area contributed by atoms with E-state index in [2.05, 4.69) is 46.0 Å². The Morgan fingerprint density at radius 1 is 1.28 bits per heavy atom. The van der Waals surface area contributed by atoms with Crippen LogP contribution in [0.25, 0.3) is 11.1 Å². The summed E-state index contributed by atoms with van der Waals surface area (Å²) in [7, 11) is 1.32. The first-order chi connectivity index (χ1) is 18.9.